The summed E-state index contributed by atoms with van der Waals surface area (Å²) in [6.07, 6.45) is 5.60. The van der Waals surface area contributed by atoms with Crippen LogP contribution in [0.25, 0.3) is 0 Å². The fourth-order valence-corrected chi connectivity index (χ4v) is 3.91. The summed E-state index contributed by atoms with van der Waals surface area (Å²) in [6, 6.07) is 6.86. The van der Waals surface area contributed by atoms with Gasteiger partial charge in [0.2, 0.25) is 0 Å². The molecule has 0 amide bonds. The van der Waals surface area contributed by atoms with E-state index in [0.717, 1.165) is 31.2 Å². The van der Waals surface area contributed by atoms with Gasteiger partial charge in [0.05, 0.1) is 4.90 Å². The number of hydrogen-bond donors (Lipinski definition) is 0. The van der Waals surface area contributed by atoms with Crippen molar-refractivity contribution in [2.45, 2.75) is 43.9 Å². The van der Waals surface area contributed by atoms with Crippen molar-refractivity contribution in [1.82, 2.24) is 4.90 Å². The molecule has 1 fully saturated rings. The average molecular weight is 308 g/mol. The van der Waals surface area contributed by atoms with Crippen LogP contribution in [0.5, 0.6) is 0 Å². The number of amidine groups is 1. The van der Waals surface area contributed by atoms with Crippen LogP contribution in [0.4, 0.5) is 0 Å². The van der Waals surface area contributed by atoms with Crippen molar-refractivity contribution in [3.05, 3.63) is 29.8 Å². The Bertz CT molecular complexity index is 598. The standard InChI is InChI=1S/C16H24N2O2S/c1-13-9-11-15(12-10-13)21(19,20)17-16(18(2)3)14-7-5-4-6-8-14/h9-12,14H,4-8H2,1-3H3/b17-16-. The van der Waals surface area contributed by atoms with E-state index in [0.29, 0.717) is 5.84 Å². The molecule has 0 aliphatic heterocycles. The zero-order chi connectivity index (χ0) is 15.5. The smallest absolute Gasteiger partial charge is 0.283 e. The Kier molecular flexibility index (Phi) is 5.04. The third-order valence-electron chi connectivity index (χ3n) is 3.96. The average Bonchev–Trinajstić information content (AvgIpc) is 2.46. The number of sulfonamides is 1. The Morgan fingerprint density at radius 1 is 1.10 bits per heavy atom. The van der Waals surface area contributed by atoms with E-state index in [9.17, 15) is 8.42 Å². The molecule has 0 saturated heterocycles. The second-order valence-electron chi connectivity index (χ2n) is 5.97. The quantitative estimate of drug-likeness (QED) is 0.636. The minimum Gasteiger partial charge on any atom is -0.365 e. The van der Waals surface area contributed by atoms with E-state index >= 15 is 0 Å². The van der Waals surface area contributed by atoms with Crippen molar-refractivity contribution in [3.63, 3.8) is 0 Å². The second kappa shape index (κ2) is 6.60. The van der Waals surface area contributed by atoms with Gasteiger partial charge in [0.25, 0.3) is 10.0 Å². The highest BCUT2D eigenvalue weighted by molar-refractivity contribution is 7.90. The normalized spacial score (nSPS) is 17.8. The summed E-state index contributed by atoms with van der Waals surface area (Å²) < 4.78 is 29.1. The SMILES string of the molecule is Cc1ccc(S(=O)(=O)/N=C(/C2CCCCC2)N(C)C)cc1. The predicted octanol–water partition coefficient (Wildman–Crippen LogP) is 3.22. The van der Waals surface area contributed by atoms with Gasteiger partial charge in [0.15, 0.2) is 0 Å². The molecule has 1 saturated carbocycles. The topological polar surface area (TPSA) is 49.7 Å². The van der Waals surface area contributed by atoms with Gasteiger partial charge >= 0.3 is 0 Å². The second-order valence-corrected chi connectivity index (χ2v) is 7.57. The highest BCUT2D eigenvalue weighted by atomic mass is 32.2. The molecule has 1 aromatic rings. The van der Waals surface area contributed by atoms with Gasteiger partial charge in [-0.1, -0.05) is 37.0 Å². The Hall–Kier alpha value is -1.36. The van der Waals surface area contributed by atoms with Gasteiger partial charge in [-0.05, 0) is 31.9 Å². The van der Waals surface area contributed by atoms with E-state index in [4.69, 9.17) is 0 Å². The van der Waals surface area contributed by atoms with Crippen LogP contribution in [-0.2, 0) is 10.0 Å². The lowest BCUT2D eigenvalue weighted by Gasteiger charge is -2.27. The summed E-state index contributed by atoms with van der Waals surface area (Å²) in [5.74, 6) is 0.948. The van der Waals surface area contributed by atoms with E-state index < -0.39 is 10.0 Å². The zero-order valence-electron chi connectivity index (χ0n) is 13.0. The Morgan fingerprint density at radius 2 is 1.67 bits per heavy atom. The summed E-state index contributed by atoms with van der Waals surface area (Å²) in [4.78, 5) is 2.12. The van der Waals surface area contributed by atoms with Crippen LogP contribution in [0.15, 0.2) is 33.6 Å². The van der Waals surface area contributed by atoms with Crippen molar-refractivity contribution in [1.29, 1.82) is 0 Å². The Labute approximate surface area is 127 Å². The number of rotatable bonds is 3. The van der Waals surface area contributed by atoms with Gasteiger partial charge in [0.1, 0.15) is 5.84 Å². The minimum absolute atomic E-state index is 0.258. The molecule has 5 heteroatoms. The number of benzene rings is 1. The lowest BCUT2D eigenvalue weighted by Crippen LogP contribution is -2.32. The molecule has 0 aromatic heterocycles. The summed E-state index contributed by atoms with van der Waals surface area (Å²) >= 11 is 0. The molecular formula is C16H24N2O2S. The lowest BCUT2D eigenvalue weighted by atomic mass is 9.88. The van der Waals surface area contributed by atoms with Crippen molar-refractivity contribution in [2.24, 2.45) is 10.3 Å². The molecule has 2 rings (SSSR count). The van der Waals surface area contributed by atoms with Crippen molar-refractivity contribution < 1.29 is 8.42 Å². The lowest BCUT2D eigenvalue weighted by molar-refractivity contribution is 0.408. The maximum atomic E-state index is 12.5. The molecule has 0 unspecified atom stereocenters. The van der Waals surface area contributed by atoms with Crippen molar-refractivity contribution in [3.8, 4) is 0 Å². The molecule has 0 N–H and O–H groups in total. The summed E-state index contributed by atoms with van der Waals surface area (Å²) in [7, 11) is 0.122. The first-order valence-electron chi connectivity index (χ1n) is 7.49. The molecule has 21 heavy (non-hydrogen) atoms. The zero-order valence-corrected chi connectivity index (χ0v) is 13.9. The van der Waals surface area contributed by atoms with Crippen LogP contribution in [0.3, 0.4) is 0 Å². The number of aryl methyl sites for hydroxylation is 1. The van der Waals surface area contributed by atoms with Gasteiger partial charge in [-0.25, -0.2) is 0 Å². The minimum atomic E-state index is -3.62. The molecule has 1 aromatic carbocycles. The van der Waals surface area contributed by atoms with Crippen molar-refractivity contribution in [2.75, 3.05) is 14.1 Å². The van der Waals surface area contributed by atoms with Crippen LogP contribution in [0.1, 0.15) is 37.7 Å². The Morgan fingerprint density at radius 3 is 2.19 bits per heavy atom. The highest BCUT2D eigenvalue weighted by Gasteiger charge is 2.24. The van der Waals surface area contributed by atoms with Crippen LogP contribution < -0.4 is 0 Å². The molecule has 0 atom stereocenters. The van der Waals surface area contributed by atoms with Crippen LogP contribution >= 0.6 is 0 Å². The first-order valence-corrected chi connectivity index (χ1v) is 8.93. The first-order chi connectivity index (χ1) is 9.90. The highest BCUT2D eigenvalue weighted by Crippen LogP contribution is 2.27. The molecule has 116 valence electrons. The molecular weight excluding hydrogens is 284 g/mol. The predicted molar refractivity (Wildman–Crippen MR) is 86.1 cm³/mol. The molecule has 0 radical (unpaired) electrons. The maximum Gasteiger partial charge on any atom is 0.283 e. The molecule has 0 bridgehead atoms. The van der Waals surface area contributed by atoms with Crippen molar-refractivity contribution >= 4 is 15.9 Å². The van der Waals surface area contributed by atoms with E-state index in [2.05, 4.69) is 4.40 Å². The summed E-state index contributed by atoms with van der Waals surface area (Å²) in [6.45, 7) is 1.94. The fraction of sp³-hybridized carbons (Fsp3) is 0.562. The van der Waals surface area contributed by atoms with Gasteiger partial charge in [-0.3, -0.25) is 0 Å². The molecule has 4 nitrogen and oxygen atoms in total. The fourth-order valence-electron chi connectivity index (χ4n) is 2.77. The van der Waals surface area contributed by atoms with Gasteiger partial charge in [0, 0.05) is 20.0 Å². The monoisotopic (exact) mass is 308 g/mol. The molecule has 1 aliphatic carbocycles. The largest absolute Gasteiger partial charge is 0.365 e. The third kappa shape index (κ3) is 4.06. The summed E-state index contributed by atoms with van der Waals surface area (Å²) in [5, 5.41) is 0. The molecule has 0 heterocycles. The van der Waals surface area contributed by atoms with Crippen LogP contribution in [-0.4, -0.2) is 33.2 Å². The van der Waals surface area contributed by atoms with E-state index in [1.165, 1.54) is 6.42 Å². The maximum absolute atomic E-state index is 12.5. The summed E-state index contributed by atoms with van der Waals surface area (Å²) in [5.41, 5.74) is 1.04. The van der Waals surface area contributed by atoms with Crippen LogP contribution in [0.2, 0.25) is 0 Å². The van der Waals surface area contributed by atoms with Gasteiger partial charge < -0.3 is 4.90 Å². The first kappa shape index (κ1) is 16.0. The molecule has 1 aliphatic rings. The number of hydrogen-bond acceptors (Lipinski definition) is 2. The Balaban J connectivity index is 2.33. The van der Waals surface area contributed by atoms with Gasteiger partial charge in [-0.15, -0.1) is 4.40 Å². The van der Waals surface area contributed by atoms with E-state index in [-0.39, 0.29) is 10.8 Å². The van der Waals surface area contributed by atoms with E-state index in [1.54, 1.807) is 24.3 Å². The van der Waals surface area contributed by atoms with E-state index in [1.807, 2.05) is 25.9 Å². The van der Waals surface area contributed by atoms with Crippen LogP contribution in [0, 0.1) is 12.8 Å². The molecule has 0 spiro atoms. The number of nitrogens with zero attached hydrogens (tertiary/aromatic N) is 2. The third-order valence-corrected chi connectivity index (χ3v) is 5.26. The van der Waals surface area contributed by atoms with Gasteiger partial charge in [-0.2, -0.15) is 8.42 Å².